The highest BCUT2D eigenvalue weighted by Crippen LogP contribution is 2.20. The average Bonchev–Trinajstić information content (AvgIpc) is 2.93. The van der Waals surface area contributed by atoms with Crippen LogP contribution in [0.4, 0.5) is 0 Å². The quantitative estimate of drug-likeness (QED) is 0.894. The van der Waals surface area contributed by atoms with Crippen molar-refractivity contribution in [2.75, 3.05) is 19.6 Å². The maximum atomic E-state index is 12.2. The Morgan fingerprint density at radius 3 is 2.79 bits per heavy atom. The largest absolute Gasteiger partial charge is 0.465 e. The van der Waals surface area contributed by atoms with Crippen LogP contribution in [-0.2, 0) is 10.0 Å². The van der Waals surface area contributed by atoms with Crippen LogP contribution in [0.1, 0.15) is 31.3 Å². The molecule has 5 nitrogen and oxygen atoms in total. The van der Waals surface area contributed by atoms with Gasteiger partial charge in [0.2, 0.25) is 10.0 Å². The molecule has 0 aliphatic carbocycles. The Hall–Kier alpha value is -0.850. The maximum absolute atomic E-state index is 12.2. The van der Waals surface area contributed by atoms with E-state index in [9.17, 15) is 8.42 Å². The molecule has 1 fully saturated rings. The van der Waals surface area contributed by atoms with E-state index in [-0.39, 0.29) is 4.90 Å². The van der Waals surface area contributed by atoms with E-state index in [0.29, 0.717) is 24.1 Å². The van der Waals surface area contributed by atoms with Crippen LogP contribution in [0.15, 0.2) is 15.4 Å². The van der Waals surface area contributed by atoms with Crippen molar-refractivity contribution in [1.82, 2.24) is 9.62 Å². The molecule has 1 aliphatic rings. The van der Waals surface area contributed by atoms with Crippen LogP contribution >= 0.6 is 0 Å². The predicted molar refractivity (Wildman–Crippen MR) is 73.6 cm³/mol. The van der Waals surface area contributed by atoms with E-state index < -0.39 is 10.0 Å². The lowest BCUT2D eigenvalue weighted by Crippen LogP contribution is -2.40. The van der Waals surface area contributed by atoms with Crippen LogP contribution in [0.5, 0.6) is 0 Å². The summed E-state index contributed by atoms with van der Waals surface area (Å²) in [5.74, 6) is 1.07. The highest BCUT2D eigenvalue weighted by Gasteiger charge is 2.26. The van der Waals surface area contributed by atoms with Crippen molar-refractivity contribution < 1.29 is 12.8 Å². The summed E-state index contributed by atoms with van der Waals surface area (Å²) in [5.41, 5.74) is 0. The van der Waals surface area contributed by atoms with Crippen molar-refractivity contribution in [3.63, 3.8) is 0 Å². The van der Waals surface area contributed by atoms with Crippen molar-refractivity contribution in [1.29, 1.82) is 0 Å². The minimum atomic E-state index is -3.46. The molecular formula is C13H22N2O3S. The molecular weight excluding hydrogens is 264 g/mol. The lowest BCUT2D eigenvalue weighted by molar-refractivity contribution is 0.268. The van der Waals surface area contributed by atoms with Gasteiger partial charge in [-0.15, -0.1) is 0 Å². The van der Waals surface area contributed by atoms with Crippen LogP contribution in [0, 0.1) is 13.8 Å². The third-order valence-corrected chi connectivity index (χ3v) is 5.23. The molecule has 1 atom stereocenters. The van der Waals surface area contributed by atoms with E-state index in [4.69, 9.17) is 4.42 Å². The van der Waals surface area contributed by atoms with Gasteiger partial charge in [-0.2, -0.15) is 0 Å². The highest BCUT2D eigenvalue weighted by atomic mass is 32.2. The Labute approximate surface area is 115 Å². The first-order valence-corrected chi connectivity index (χ1v) is 8.23. The van der Waals surface area contributed by atoms with Gasteiger partial charge >= 0.3 is 0 Å². The fraction of sp³-hybridized carbons (Fsp3) is 0.692. The molecule has 1 aliphatic heterocycles. The van der Waals surface area contributed by atoms with Gasteiger partial charge in [-0.25, -0.2) is 13.1 Å². The lowest BCUT2D eigenvalue weighted by Gasteiger charge is -2.22. The van der Waals surface area contributed by atoms with E-state index in [1.54, 1.807) is 19.9 Å². The zero-order valence-corrected chi connectivity index (χ0v) is 12.6. The molecule has 0 amide bonds. The fourth-order valence-electron chi connectivity index (χ4n) is 2.70. The van der Waals surface area contributed by atoms with E-state index in [2.05, 4.69) is 16.5 Å². The molecule has 19 heavy (non-hydrogen) atoms. The van der Waals surface area contributed by atoms with Gasteiger partial charge in [-0.3, -0.25) is 4.90 Å². The van der Waals surface area contributed by atoms with Gasteiger partial charge in [0.1, 0.15) is 16.4 Å². The maximum Gasteiger partial charge on any atom is 0.244 e. The fourth-order valence-corrected chi connectivity index (χ4v) is 4.01. The first kappa shape index (κ1) is 14.6. The van der Waals surface area contributed by atoms with Gasteiger partial charge in [0, 0.05) is 12.6 Å². The molecule has 0 radical (unpaired) electrons. The van der Waals surface area contributed by atoms with Crippen LogP contribution in [-0.4, -0.2) is 39.0 Å². The van der Waals surface area contributed by atoms with Crippen LogP contribution in [0.2, 0.25) is 0 Å². The molecule has 1 aromatic heterocycles. The molecule has 0 bridgehead atoms. The smallest absolute Gasteiger partial charge is 0.244 e. The first-order valence-electron chi connectivity index (χ1n) is 6.74. The molecule has 1 aromatic rings. The summed E-state index contributed by atoms with van der Waals surface area (Å²) in [5, 5.41) is 0. The number of hydrogen-bond donors (Lipinski definition) is 1. The Kier molecular flexibility index (Phi) is 4.32. The van der Waals surface area contributed by atoms with Crippen molar-refractivity contribution >= 4 is 10.0 Å². The van der Waals surface area contributed by atoms with Gasteiger partial charge < -0.3 is 4.42 Å². The number of rotatable bonds is 5. The normalized spacial score (nSPS) is 21.1. The highest BCUT2D eigenvalue weighted by molar-refractivity contribution is 7.89. The van der Waals surface area contributed by atoms with Crippen molar-refractivity contribution in [3.8, 4) is 0 Å². The minimum absolute atomic E-state index is 0.256. The third kappa shape index (κ3) is 3.19. The SMILES string of the molecule is CCN1CCC[C@H]1CNS(=O)(=O)c1cc(C)oc1C. The van der Waals surface area contributed by atoms with Gasteiger partial charge in [0.05, 0.1) is 0 Å². The summed E-state index contributed by atoms with van der Waals surface area (Å²) >= 11 is 0. The second-order valence-electron chi connectivity index (χ2n) is 5.05. The molecule has 0 aromatic carbocycles. The zero-order chi connectivity index (χ0) is 14.0. The number of hydrogen-bond acceptors (Lipinski definition) is 4. The Morgan fingerprint density at radius 2 is 2.21 bits per heavy atom. The molecule has 108 valence electrons. The summed E-state index contributed by atoms with van der Waals surface area (Å²) in [4.78, 5) is 2.57. The summed E-state index contributed by atoms with van der Waals surface area (Å²) in [6.45, 7) is 8.04. The number of aryl methyl sites for hydroxylation is 2. The van der Waals surface area contributed by atoms with Crippen molar-refractivity contribution in [2.24, 2.45) is 0 Å². The Balaban J connectivity index is 2.04. The summed E-state index contributed by atoms with van der Waals surface area (Å²) in [6, 6.07) is 1.89. The van der Waals surface area contributed by atoms with Gasteiger partial charge in [0.15, 0.2) is 0 Å². The Morgan fingerprint density at radius 1 is 1.47 bits per heavy atom. The molecule has 0 spiro atoms. The minimum Gasteiger partial charge on any atom is -0.465 e. The summed E-state index contributed by atoms with van der Waals surface area (Å²) in [6.07, 6.45) is 2.20. The van der Waals surface area contributed by atoms with Crippen LogP contribution < -0.4 is 4.72 Å². The van der Waals surface area contributed by atoms with E-state index in [1.807, 2.05) is 0 Å². The first-order chi connectivity index (χ1) is 8.94. The van der Waals surface area contributed by atoms with Gasteiger partial charge in [0.25, 0.3) is 0 Å². The third-order valence-electron chi connectivity index (χ3n) is 3.70. The molecule has 0 unspecified atom stereocenters. The molecule has 0 saturated carbocycles. The number of sulfonamides is 1. The van der Waals surface area contributed by atoms with Crippen molar-refractivity contribution in [2.45, 2.75) is 44.6 Å². The molecule has 1 saturated heterocycles. The number of nitrogens with zero attached hydrogens (tertiary/aromatic N) is 1. The van der Waals surface area contributed by atoms with Crippen LogP contribution in [0.25, 0.3) is 0 Å². The topological polar surface area (TPSA) is 62.6 Å². The van der Waals surface area contributed by atoms with E-state index in [1.165, 1.54) is 0 Å². The summed E-state index contributed by atoms with van der Waals surface area (Å²) in [7, 11) is -3.46. The number of likely N-dealkylation sites (N-methyl/N-ethyl adjacent to an activating group) is 1. The van der Waals surface area contributed by atoms with Gasteiger partial charge in [-0.05, 0) is 45.8 Å². The monoisotopic (exact) mass is 286 g/mol. The molecule has 2 heterocycles. The lowest BCUT2D eigenvalue weighted by atomic mass is 10.2. The van der Waals surface area contributed by atoms with E-state index >= 15 is 0 Å². The number of likely N-dealkylation sites (tertiary alicyclic amines) is 1. The van der Waals surface area contributed by atoms with E-state index in [0.717, 1.165) is 25.9 Å². The number of furan rings is 1. The average molecular weight is 286 g/mol. The molecule has 6 heteroatoms. The number of nitrogens with one attached hydrogen (secondary N) is 1. The standard InChI is InChI=1S/C13H22N2O3S/c1-4-15-7-5-6-12(15)9-14-19(16,17)13-8-10(2)18-11(13)3/h8,12,14H,4-7,9H2,1-3H3/t12-/m0/s1. The molecule has 2 rings (SSSR count). The molecule has 1 N–H and O–H groups in total. The van der Waals surface area contributed by atoms with Gasteiger partial charge in [-0.1, -0.05) is 6.92 Å². The summed E-state index contributed by atoms with van der Waals surface area (Å²) < 4.78 is 32.4. The zero-order valence-electron chi connectivity index (χ0n) is 11.8. The second-order valence-corrected chi connectivity index (χ2v) is 6.79. The second kappa shape index (κ2) is 5.64. The van der Waals surface area contributed by atoms with Crippen molar-refractivity contribution in [3.05, 3.63) is 17.6 Å². The van der Waals surface area contributed by atoms with Crippen LogP contribution in [0.3, 0.4) is 0 Å². The Bertz CT molecular complexity index is 536. The predicted octanol–water partition coefficient (Wildman–Crippen LogP) is 1.66.